The van der Waals surface area contributed by atoms with Crippen molar-refractivity contribution in [2.45, 2.75) is 50.4 Å². The molecule has 130 valence electrons. The van der Waals surface area contributed by atoms with E-state index < -0.39 is 5.79 Å². The first kappa shape index (κ1) is 17.0. The summed E-state index contributed by atoms with van der Waals surface area (Å²) >= 11 is 0. The minimum absolute atomic E-state index is 0.0749. The third-order valence-electron chi connectivity index (χ3n) is 4.60. The van der Waals surface area contributed by atoms with E-state index in [4.69, 9.17) is 9.47 Å². The maximum atomic E-state index is 11.9. The number of nitrogens with one attached hydrogen (secondary N) is 1. The van der Waals surface area contributed by atoms with Crippen molar-refractivity contribution in [2.75, 3.05) is 13.2 Å². The summed E-state index contributed by atoms with van der Waals surface area (Å²) in [5.41, 5.74) is 0.862. The van der Waals surface area contributed by atoms with E-state index >= 15 is 0 Å². The van der Waals surface area contributed by atoms with E-state index in [1.807, 2.05) is 0 Å². The standard InChI is InChI=1S/C19H25NO4/c21-16-8-5-15(6-9-16)7-10-18(22)20-13-17-14-23-19(24-17)11-3-1-2-4-12-19/h5-10,17,21H,1-4,11-14H2,(H,20,22). The highest BCUT2D eigenvalue weighted by molar-refractivity contribution is 5.91. The van der Waals surface area contributed by atoms with Crippen LogP contribution in [0.5, 0.6) is 5.75 Å². The van der Waals surface area contributed by atoms with Crippen LogP contribution in [0.25, 0.3) is 6.08 Å². The van der Waals surface area contributed by atoms with Gasteiger partial charge in [0.05, 0.1) is 6.61 Å². The molecule has 1 aliphatic carbocycles. The van der Waals surface area contributed by atoms with Crippen LogP contribution in [0, 0.1) is 0 Å². The minimum atomic E-state index is -0.409. The molecule has 0 aromatic heterocycles. The summed E-state index contributed by atoms with van der Waals surface area (Å²) in [4.78, 5) is 11.9. The number of benzene rings is 1. The lowest BCUT2D eigenvalue weighted by Crippen LogP contribution is -2.35. The van der Waals surface area contributed by atoms with E-state index in [1.54, 1.807) is 30.3 Å². The Labute approximate surface area is 142 Å². The molecule has 2 aliphatic rings. The van der Waals surface area contributed by atoms with Crippen molar-refractivity contribution >= 4 is 12.0 Å². The number of hydrogen-bond donors (Lipinski definition) is 2. The van der Waals surface area contributed by atoms with Gasteiger partial charge in [0.15, 0.2) is 5.79 Å². The van der Waals surface area contributed by atoms with Crippen LogP contribution in [0.15, 0.2) is 30.3 Å². The highest BCUT2D eigenvalue weighted by atomic mass is 16.7. The molecule has 5 nitrogen and oxygen atoms in total. The number of amides is 1. The zero-order valence-corrected chi connectivity index (χ0v) is 13.9. The van der Waals surface area contributed by atoms with Gasteiger partial charge in [0, 0.05) is 25.5 Å². The highest BCUT2D eigenvalue weighted by Gasteiger charge is 2.41. The summed E-state index contributed by atoms with van der Waals surface area (Å²) in [6.07, 6.45) is 9.83. The molecule has 1 unspecified atom stereocenters. The predicted molar refractivity (Wildman–Crippen MR) is 91.4 cm³/mol. The Bertz CT molecular complexity index is 574. The van der Waals surface area contributed by atoms with Crippen molar-refractivity contribution in [3.05, 3.63) is 35.9 Å². The summed E-state index contributed by atoms with van der Waals surface area (Å²) in [5, 5.41) is 12.1. The van der Waals surface area contributed by atoms with Gasteiger partial charge >= 0.3 is 0 Å². The molecule has 1 aliphatic heterocycles. The van der Waals surface area contributed by atoms with E-state index in [-0.39, 0.29) is 17.8 Å². The Morgan fingerprint density at radius 2 is 1.92 bits per heavy atom. The molecule has 24 heavy (non-hydrogen) atoms. The first-order chi connectivity index (χ1) is 11.7. The lowest BCUT2D eigenvalue weighted by atomic mass is 10.1. The SMILES string of the molecule is O=C(C=Cc1ccc(O)cc1)NCC1COC2(CCCCCC2)O1. The molecule has 1 amide bonds. The smallest absolute Gasteiger partial charge is 0.244 e. The van der Waals surface area contributed by atoms with Crippen LogP contribution in [0.3, 0.4) is 0 Å². The number of rotatable bonds is 4. The van der Waals surface area contributed by atoms with Crippen LogP contribution in [-0.4, -0.2) is 36.1 Å². The maximum Gasteiger partial charge on any atom is 0.244 e. The van der Waals surface area contributed by atoms with Crippen molar-refractivity contribution in [2.24, 2.45) is 0 Å². The number of carbonyl (C=O) groups excluding carboxylic acids is 1. The number of carbonyl (C=O) groups is 1. The molecule has 1 aromatic rings. The molecule has 1 saturated carbocycles. The van der Waals surface area contributed by atoms with Crippen LogP contribution in [0.2, 0.25) is 0 Å². The Morgan fingerprint density at radius 3 is 2.62 bits per heavy atom. The normalized spacial score (nSPS) is 23.4. The first-order valence-electron chi connectivity index (χ1n) is 8.72. The topological polar surface area (TPSA) is 67.8 Å². The number of hydrogen-bond acceptors (Lipinski definition) is 4. The van der Waals surface area contributed by atoms with Crippen molar-refractivity contribution < 1.29 is 19.4 Å². The minimum Gasteiger partial charge on any atom is -0.508 e. The zero-order valence-electron chi connectivity index (χ0n) is 13.9. The Balaban J connectivity index is 1.44. The fourth-order valence-corrected chi connectivity index (χ4v) is 3.28. The quantitative estimate of drug-likeness (QED) is 0.832. The fraction of sp³-hybridized carbons (Fsp3) is 0.526. The molecule has 3 rings (SSSR count). The predicted octanol–water partition coefficient (Wildman–Crippen LogP) is 2.99. The summed E-state index contributed by atoms with van der Waals surface area (Å²) in [6.45, 7) is 1.00. The third-order valence-corrected chi connectivity index (χ3v) is 4.60. The lowest BCUT2D eigenvalue weighted by Gasteiger charge is -2.26. The van der Waals surface area contributed by atoms with E-state index in [0.29, 0.717) is 13.2 Å². The largest absolute Gasteiger partial charge is 0.508 e. The average Bonchev–Trinajstić information content (AvgIpc) is 2.84. The zero-order chi connectivity index (χ0) is 16.8. The number of aromatic hydroxyl groups is 1. The Kier molecular flexibility index (Phi) is 5.53. The van der Waals surface area contributed by atoms with Crippen LogP contribution in [0.4, 0.5) is 0 Å². The van der Waals surface area contributed by atoms with Gasteiger partial charge in [-0.3, -0.25) is 4.79 Å². The van der Waals surface area contributed by atoms with Crippen molar-refractivity contribution in [3.8, 4) is 5.75 Å². The summed E-state index contributed by atoms with van der Waals surface area (Å²) in [6, 6.07) is 6.69. The van der Waals surface area contributed by atoms with Gasteiger partial charge in [0.25, 0.3) is 0 Å². The van der Waals surface area contributed by atoms with Crippen molar-refractivity contribution in [1.29, 1.82) is 0 Å². The molecular formula is C19H25NO4. The lowest BCUT2D eigenvalue weighted by molar-refractivity contribution is -0.175. The van der Waals surface area contributed by atoms with Crippen molar-refractivity contribution in [3.63, 3.8) is 0 Å². The molecule has 0 bridgehead atoms. The number of phenolic OH excluding ortho intramolecular Hbond substituents is 1. The van der Waals surface area contributed by atoms with Crippen LogP contribution in [0.1, 0.15) is 44.1 Å². The molecule has 1 saturated heterocycles. The Hall–Kier alpha value is -1.85. The van der Waals surface area contributed by atoms with Crippen LogP contribution < -0.4 is 5.32 Å². The second kappa shape index (κ2) is 7.81. The summed E-state index contributed by atoms with van der Waals surface area (Å²) < 4.78 is 12.0. The molecule has 0 radical (unpaired) electrons. The van der Waals surface area contributed by atoms with Gasteiger partial charge in [0.1, 0.15) is 11.9 Å². The maximum absolute atomic E-state index is 11.9. The van der Waals surface area contributed by atoms with Gasteiger partial charge in [-0.05, 0) is 36.6 Å². The Morgan fingerprint density at radius 1 is 1.21 bits per heavy atom. The van der Waals surface area contributed by atoms with E-state index in [1.165, 1.54) is 18.9 Å². The molecule has 1 heterocycles. The molecule has 1 atom stereocenters. The molecule has 1 aromatic carbocycles. The summed E-state index contributed by atoms with van der Waals surface area (Å²) in [5.74, 6) is -0.357. The number of ether oxygens (including phenoxy) is 2. The van der Waals surface area contributed by atoms with Gasteiger partial charge < -0.3 is 19.9 Å². The van der Waals surface area contributed by atoms with Crippen LogP contribution >= 0.6 is 0 Å². The van der Waals surface area contributed by atoms with Gasteiger partial charge in [-0.15, -0.1) is 0 Å². The van der Waals surface area contributed by atoms with Crippen LogP contribution in [-0.2, 0) is 14.3 Å². The van der Waals surface area contributed by atoms with Crippen molar-refractivity contribution in [1.82, 2.24) is 5.32 Å². The van der Waals surface area contributed by atoms with E-state index in [2.05, 4.69) is 5.32 Å². The monoisotopic (exact) mass is 331 g/mol. The van der Waals surface area contributed by atoms with E-state index in [9.17, 15) is 9.90 Å². The van der Waals surface area contributed by atoms with E-state index in [0.717, 1.165) is 31.2 Å². The average molecular weight is 331 g/mol. The highest BCUT2D eigenvalue weighted by Crippen LogP contribution is 2.36. The molecule has 2 fully saturated rings. The van der Waals surface area contributed by atoms with Gasteiger partial charge in [-0.25, -0.2) is 0 Å². The number of phenols is 1. The molecule has 5 heteroatoms. The second-order valence-electron chi connectivity index (χ2n) is 6.55. The van der Waals surface area contributed by atoms with Gasteiger partial charge in [-0.1, -0.05) is 25.0 Å². The summed E-state index contributed by atoms with van der Waals surface area (Å²) in [7, 11) is 0. The first-order valence-corrected chi connectivity index (χ1v) is 8.72. The van der Waals surface area contributed by atoms with Gasteiger partial charge in [0.2, 0.25) is 5.91 Å². The fourth-order valence-electron chi connectivity index (χ4n) is 3.28. The second-order valence-corrected chi connectivity index (χ2v) is 6.55. The molecule has 2 N–H and O–H groups in total. The third kappa shape index (κ3) is 4.58. The molecular weight excluding hydrogens is 306 g/mol. The molecule has 1 spiro atoms. The van der Waals surface area contributed by atoms with Gasteiger partial charge in [-0.2, -0.15) is 0 Å².